The first-order valence-electron chi connectivity index (χ1n) is 5.89. The van der Waals surface area contributed by atoms with Crippen molar-refractivity contribution in [1.82, 2.24) is 14.4 Å². The monoisotopic (exact) mass is 317 g/mol. The molecule has 0 aromatic carbocycles. The third-order valence-electron chi connectivity index (χ3n) is 3.09. The number of pyridine rings is 2. The molecule has 0 fully saturated rings. The van der Waals surface area contributed by atoms with E-state index in [0.717, 1.165) is 32.6 Å². The number of imidazole rings is 1. The van der Waals surface area contributed by atoms with Crippen LogP contribution < -0.4 is 0 Å². The van der Waals surface area contributed by atoms with Crippen LogP contribution in [0.4, 0.5) is 0 Å². The molecular formula is C14H12BrN3O. The van der Waals surface area contributed by atoms with E-state index in [0.29, 0.717) is 0 Å². The number of aromatic nitrogens is 3. The molecule has 0 atom stereocenters. The molecule has 0 amide bonds. The Labute approximate surface area is 118 Å². The summed E-state index contributed by atoms with van der Waals surface area (Å²) in [5.74, 6) is 0. The Hall–Kier alpha value is -1.72. The van der Waals surface area contributed by atoms with Gasteiger partial charge in [0.25, 0.3) is 0 Å². The van der Waals surface area contributed by atoms with Gasteiger partial charge in [0.2, 0.25) is 0 Å². The summed E-state index contributed by atoms with van der Waals surface area (Å²) in [7, 11) is 0. The second-order valence-corrected chi connectivity index (χ2v) is 5.19. The van der Waals surface area contributed by atoms with Gasteiger partial charge in [-0.2, -0.15) is 0 Å². The van der Waals surface area contributed by atoms with E-state index in [1.54, 1.807) is 12.4 Å². The van der Waals surface area contributed by atoms with E-state index in [1.807, 2.05) is 35.7 Å². The molecule has 0 unspecified atom stereocenters. The molecule has 0 radical (unpaired) electrons. The van der Waals surface area contributed by atoms with E-state index in [1.165, 1.54) is 0 Å². The highest BCUT2D eigenvalue weighted by molar-refractivity contribution is 9.10. The molecular weight excluding hydrogens is 306 g/mol. The van der Waals surface area contributed by atoms with E-state index in [4.69, 9.17) is 0 Å². The fourth-order valence-electron chi connectivity index (χ4n) is 2.09. The lowest BCUT2D eigenvalue weighted by Gasteiger charge is -2.03. The van der Waals surface area contributed by atoms with Gasteiger partial charge in [-0.15, -0.1) is 0 Å². The molecule has 3 aromatic rings. The van der Waals surface area contributed by atoms with Crippen molar-refractivity contribution in [2.24, 2.45) is 0 Å². The molecule has 0 aliphatic carbocycles. The van der Waals surface area contributed by atoms with Crippen molar-refractivity contribution in [1.29, 1.82) is 0 Å². The van der Waals surface area contributed by atoms with Gasteiger partial charge in [0.15, 0.2) is 0 Å². The van der Waals surface area contributed by atoms with Gasteiger partial charge in [0.1, 0.15) is 5.65 Å². The largest absolute Gasteiger partial charge is 0.390 e. The second kappa shape index (κ2) is 4.75. The summed E-state index contributed by atoms with van der Waals surface area (Å²) in [5.41, 5.74) is 4.38. The molecule has 0 aliphatic heterocycles. The number of hydrogen-bond donors (Lipinski definition) is 1. The molecule has 0 bridgehead atoms. The summed E-state index contributed by atoms with van der Waals surface area (Å²) in [6, 6.07) is 5.79. The summed E-state index contributed by atoms with van der Waals surface area (Å²) >= 11 is 3.50. The Morgan fingerprint density at radius 3 is 2.95 bits per heavy atom. The Kier molecular flexibility index (Phi) is 3.08. The third-order valence-corrected chi connectivity index (χ3v) is 3.92. The molecule has 0 spiro atoms. The van der Waals surface area contributed by atoms with Gasteiger partial charge < -0.3 is 5.11 Å². The van der Waals surface area contributed by atoms with Crippen LogP contribution in [0.3, 0.4) is 0 Å². The van der Waals surface area contributed by atoms with Gasteiger partial charge in [-0.1, -0.05) is 0 Å². The number of nitrogens with zero attached hydrogens (tertiary/aromatic N) is 3. The highest BCUT2D eigenvalue weighted by Gasteiger charge is 2.14. The number of hydrogen-bond acceptors (Lipinski definition) is 3. The molecule has 0 aliphatic rings. The van der Waals surface area contributed by atoms with Crippen LogP contribution in [0, 0.1) is 6.92 Å². The molecule has 3 rings (SSSR count). The van der Waals surface area contributed by atoms with Crippen molar-refractivity contribution >= 4 is 21.6 Å². The maximum Gasteiger partial charge on any atom is 0.138 e. The zero-order valence-corrected chi connectivity index (χ0v) is 11.9. The van der Waals surface area contributed by atoms with Gasteiger partial charge in [0.05, 0.1) is 18.0 Å². The standard InChI is InChI=1S/C14H12BrN3O/c1-9-5-13-17-14(10-3-2-4-16-6-10)12(8-19)18(13)7-11(9)15/h2-7,19H,8H2,1H3. The van der Waals surface area contributed by atoms with E-state index < -0.39 is 0 Å². The first-order chi connectivity index (χ1) is 9.20. The molecule has 3 heterocycles. The Balaban J connectivity index is 2.31. The Morgan fingerprint density at radius 1 is 1.42 bits per heavy atom. The van der Waals surface area contributed by atoms with E-state index in [-0.39, 0.29) is 6.61 Å². The third kappa shape index (κ3) is 2.05. The summed E-state index contributed by atoms with van der Waals surface area (Å²) in [4.78, 5) is 8.70. The van der Waals surface area contributed by atoms with Crippen LogP contribution in [0.2, 0.25) is 0 Å². The van der Waals surface area contributed by atoms with Crippen molar-refractivity contribution < 1.29 is 5.11 Å². The highest BCUT2D eigenvalue weighted by Crippen LogP contribution is 2.26. The minimum absolute atomic E-state index is 0.0686. The molecule has 0 saturated carbocycles. The van der Waals surface area contributed by atoms with Crippen molar-refractivity contribution in [3.63, 3.8) is 0 Å². The summed E-state index contributed by atoms with van der Waals surface area (Å²) in [6.07, 6.45) is 5.41. The normalized spacial score (nSPS) is 11.1. The first-order valence-corrected chi connectivity index (χ1v) is 6.68. The van der Waals surface area contributed by atoms with Crippen LogP contribution in [0.15, 0.2) is 41.3 Å². The topological polar surface area (TPSA) is 50.4 Å². The molecule has 1 N–H and O–H groups in total. The minimum Gasteiger partial charge on any atom is -0.390 e. The minimum atomic E-state index is -0.0686. The van der Waals surface area contributed by atoms with Crippen LogP contribution in [0.1, 0.15) is 11.3 Å². The average molecular weight is 318 g/mol. The second-order valence-electron chi connectivity index (χ2n) is 4.34. The van der Waals surface area contributed by atoms with Crippen molar-refractivity contribution in [3.05, 3.63) is 52.5 Å². The zero-order chi connectivity index (χ0) is 13.4. The number of aryl methyl sites for hydroxylation is 1. The lowest BCUT2D eigenvalue weighted by Crippen LogP contribution is -1.95. The van der Waals surface area contributed by atoms with Crippen LogP contribution >= 0.6 is 15.9 Å². The Morgan fingerprint density at radius 2 is 2.26 bits per heavy atom. The number of aliphatic hydroxyl groups excluding tert-OH is 1. The molecule has 4 nitrogen and oxygen atoms in total. The van der Waals surface area contributed by atoms with Crippen LogP contribution in [-0.4, -0.2) is 19.5 Å². The average Bonchev–Trinajstić information content (AvgIpc) is 2.78. The van der Waals surface area contributed by atoms with Crippen LogP contribution in [0.25, 0.3) is 16.9 Å². The Bertz CT molecular complexity index is 737. The fraction of sp³-hybridized carbons (Fsp3) is 0.143. The maximum absolute atomic E-state index is 9.63. The van der Waals surface area contributed by atoms with Crippen molar-refractivity contribution in [2.75, 3.05) is 0 Å². The molecule has 3 aromatic heterocycles. The summed E-state index contributed by atoms with van der Waals surface area (Å²) in [5, 5.41) is 9.63. The predicted octanol–water partition coefficient (Wildman–Crippen LogP) is 2.96. The summed E-state index contributed by atoms with van der Waals surface area (Å²) < 4.78 is 2.89. The first kappa shape index (κ1) is 12.3. The fourth-order valence-corrected chi connectivity index (χ4v) is 2.41. The predicted molar refractivity (Wildman–Crippen MR) is 76.8 cm³/mol. The summed E-state index contributed by atoms with van der Waals surface area (Å²) in [6.45, 7) is 1.95. The number of fused-ring (bicyclic) bond motifs is 1. The lowest BCUT2D eigenvalue weighted by molar-refractivity contribution is 0.276. The number of rotatable bonds is 2. The smallest absolute Gasteiger partial charge is 0.138 e. The van der Waals surface area contributed by atoms with Gasteiger partial charge in [-0.3, -0.25) is 9.38 Å². The van der Waals surface area contributed by atoms with Crippen LogP contribution in [-0.2, 0) is 6.61 Å². The van der Waals surface area contributed by atoms with E-state index in [2.05, 4.69) is 25.9 Å². The van der Waals surface area contributed by atoms with Gasteiger partial charge in [-0.25, -0.2) is 4.98 Å². The molecule has 5 heteroatoms. The molecule has 0 saturated heterocycles. The van der Waals surface area contributed by atoms with E-state index in [9.17, 15) is 5.11 Å². The molecule has 96 valence electrons. The zero-order valence-electron chi connectivity index (χ0n) is 10.3. The van der Waals surface area contributed by atoms with Crippen molar-refractivity contribution in [2.45, 2.75) is 13.5 Å². The van der Waals surface area contributed by atoms with E-state index >= 15 is 0 Å². The quantitative estimate of drug-likeness (QED) is 0.790. The number of halogens is 1. The van der Waals surface area contributed by atoms with Gasteiger partial charge in [0, 0.05) is 28.6 Å². The maximum atomic E-state index is 9.63. The number of aliphatic hydroxyl groups is 1. The van der Waals surface area contributed by atoms with Gasteiger partial charge >= 0.3 is 0 Å². The van der Waals surface area contributed by atoms with Gasteiger partial charge in [-0.05, 0) is 46.6 Å². The highest BCUT2D eigenvalue weighted by atomic mass is 79.9. The lowest BCUT2D eigenvalue weighted by atomic mass is 10.2. The van der Waals surface area contributed by atoms with Crippen LogP contribution in [0.5, 0.6) is 0 Å². The van der Waals surface area contributed by atoms with Crippen molar-refractivity contribution in [3.8, 4) is 11.3 Å². The molecule has 19 heavy (non-hydrogen) atoms. The SMILES string of the molecule is Cc1cc2nc(-c3cccnc3)c(CO)n2cc1Br.